The van der Waals surface area contributed by atoms with Crippen LogP contribution in [0.25, 0.3) is 0 Å². The highest BCUT2D eigenvalue weighted by Crippen LogP contribution is 2.23. The van der Waals surface area contributed by atoms with Crippen molar-refractivity contribution in [1.82, 2.24) is 9.80 Å². The number of phenols is 1. The van der Waals surface area contributed by atoms with Crippen LogP contribution < -0.4 is 4.90 Å². The van der Waals surface area contributed by atoms with Crippen LogP contribution in [0.5, 0.6) is 5.75 Å². The Balaban J connectivity index is 1.58. The first-order chi connectivity index (χ1) is 13.3. The summed E-state index contributed by atoms with van der Waals surface area (Å²) in [6, 6.07) is 7.04. The Morgan fingerprint density at radius 3 is 2.39 bits per heavy atom. The largest absolute Gasteiger partial charge is 0.508 e. The summed E-state index contributed by atoms with van der Waals surface area (Å²) in [4.78, 5) is 19.3. The number of nitrogens with zero attached hydrogens (tertiary/aromatic N) is 3. The van der Waals surface area contributed by atoms with Crippen molar-refractivity contribution in [1.29, 1.82) is 0 Å². The van der Waals surface area contributed by atoms with Crippen LogP contribution in [0.2, 0.25) is 0 Å². The van der Waals surface area contributed by atoms with Crippen LogP contribution in [-0.2, 0) is 14.6 Å². The lowest BCUT2D eigenvalue weighted by Gasteiger charge is -2.39. The molecule has 1 amide bonds. The molecule has 2 aliphatic heterocycles. The fraction of sp³-hybridized carbons (Fsp3) is 0.650. The van der Waals surface area contributed by atoms with Crippen LogP contribution in [-0.4, -0.2) is 85.5 Å². The normalized spacial score (nSPS) is 23.5. The third-order valence-electron chi connectivity index (χ3n) is 5.90. The fourth-order valence-electron chi connectivity index (χ4n) is 4.10. The van der Waals surface area contributed by atoms with Crippen molar-refractivity contribution >= 4 is 21.4 Å². The van der Waals surface area contributed by atoms with Gasteiger partial charge >= 0.3 is 0 Å². The molecule has 2 saturated heterocycles. The number of hydrogen-bond acceptors (Lipinski definition) is 6. The predicted octanol–water partition coefficient (Wildman–Crippen LogP) is 1.33. The van der Waals surface area contributed by atoms with Crippen LogP contribution in [0.4, 0.5) is 5.69 Å². The Kier molecular flexibility index (Phi) is 6.50. The van der Waals surface area contributed by atoms with Gasteiger partial charge in [-0.2, -0.15) is 0 Å². The number of carbonyl (C=O) groups is 1. The number of hydrogen-bond donors (Lipinski definition) is 1. The van der Waals surface area contributed by atoms with E-state index in [-0.39, 0.29) is 35.2 Å². The first-order valence-corrected chi connectivity index (χ1v) is 11.9. The summed E-state index contributed by atoms with van der Waals surface area (Å²) < 4.78 is 23.8. The zero-order chi connectivity index (χ0) is 20.3. The van der Waals surface area contributed by atoms with Gasteiger partial charge in [0.1, 0.15) is 5.75 Å². The second kappa shape index (κ2) is 8.69. The third-order valence-corrected chi connectivity index (χ3v) is 7.65. The summed E-state index contributed by atoms with van der Waals surface area (Å²) in [6.45, 7) is 7.58. The SMILES string of the molecule is CC[C@@H](C)N(C(=O)CN1CCN(c2ccc(O)cc2)CC1)[C@@H]1CCS(=O)(=O)C1. The number of amides is 1. The highest BCUT2D eigenvalue weighted by atomic mass is 32.2. The van der Waals surface area contributed by atoms with Crippen molar-refractivity contribution in [3.05, 3.63) is 24.3 Å². The molecule has 0 saturated carbocycles. The van der Waals surface area contributed by atoms with Crippen LogP contribution in [0.15, 0.2) is 24.3 Å². The maximum absolute atomic E-state index is 13.0. The average molecular weight is 410 g/mol. The number of sulfone groups is 1. The summed E-state index contributed by atoms with van der Waals surface area (Å²) in [5, 5.41) is 9.43. The molecule has 0 spiro atoms. The Hall–Kier alpha value is -1.80. The molecule has 0 unspecified atom stereocenters. The first kappa shape index (κ1) is 20.9. The van der Waals surface area contributed by atoms with Crippen molar-refractivity contribution in [3.8, 4) is 5.75 Å². The maximum atomic E-state index is 13.0. The van der Waals surface area contributed by atoms with Gasteiger partial charge < -0.3 is 14.9 Å². The van der Waals surface area contributed by atoms with Crippen LogP contribution >= 0.6 is 0 Å². The zero-order valence-corrected chi connectivity index (χ0v) is 17.6. The molecule has 2 heterocycles. The van der Waals surface area contributed by atoms with Crippen molar-refractivity contribution in [2.75, 3.05) is 49.1 Å². The number of rotatable bonds is 6. The van der Waals surface area contributed by atoms with Crippen LogP contribution in [0.3, 0.4) is 0 Å². The minimum absolute atomic E-state index is 0.0366. The number of aromatic hydroxyl groups is 1. The van der Waals surface area contributed by atoms with Crippen molar-refractivity contribution in [2.24, 2.45) is 0 Å². The lowest BCUT2D eigenvalue weighted by molar-refractivity contribution is -0.136. The number of phenolic OH excluding ortho intramolecular Hbond substituents is 1. The van der Waals surface area contributed by atoms with Gasteiger partial charge in [-0.05, 0) is 44.0 Å². The highest BCUT2D eigenvalue weighted by molar-refractivity contribution is 7.91. The van der Waals surface area contributed by atoms with Crippen molar-refractivity contribution < 1.29 is 18.3 Å². The predicted molar refractivity (Wildman–Crippen MR) is 110 cm³/mol. The van der Waals surface area contributed by atoms with Gasteiger partial charge in [0.05, 0.1) is 18.1 Å². The molecule has 0 bridgehead atoms. The standard InChI is InChI=1S/C20H31N3O4S/c1-3-16(2)23(18-8-13-28(26,27)15-18)20(25)14-21-9-11-22(12-10-21)17-4-6-19(24)7-5-17/h4-7,16,18,24H,3,8-15H2,1-2H3/t16-,18-/m1/s1. The maximum Gasteiger partial charge on any atom is 0.237 e. The van der Waals surface area contributed by atoms with E-state index < -0.39 is 9.84 Å². The summed E-state index contributed by atoms with van der Waals surface area (Å²) in [7, 11) is -3.02. The van der Waals surface area contributed by atoms with E-state index in [1.807, 2.05) is 30.9 Å². The molecule has 0 aliphatic carbocycles. The molecule has 1 aromatic carbocycles. The molecular weight excluding hydrogens is 378 g/mol. The molecule has 2 aliphatic rings. The Morgan fingerprint density at radius 1 is 1.21 bits per heavy atom. The molecule has 2 fully saturated rings. The fourth-order valence-corrected chi connectivity index (χ4v) is 5.81. The molecule has 28 heavy (non-hydrogen) atoms. The molecule has 7 nitrogen and oxygen atoms in total. The molecule has 156 valence electrons. The molecule has 0 radical (unpaired) electrons. The Bertz CT molecular complexity index is 773. The molecule has 0 aromatic heterocycles. The van der Waals surface area contributed by atoms with Gasteiger partial charge in [0.2, 0.25) is 5.91 Å². The first-order valence-electron chi connectivity index (χ1n) is 10.1. The van der Waals surface area contributed by atoms with Gasteiger partial charge in [-0.25, -0.2) is 8.42 Å². The molecule has 2 atom stereocenters. The molecular formula is C20H31N3O4S. The molecule has 8 heteroatoms. The van der Waals surface area contributed by atoms with Gasteiger partial charge in [0, 0.05) is 44.0 Å². The second-order valence-electron chi connectivity index (χ2n) is 7.89. The minimum atomic E-state index is -3.02. The van der Waals surface area contributed by atoms with E-state index in [2.05, 4.69) is 9.80 Å². The van der Waals surface area contributed by atoms with E-state index in [4.69, 9.17) is 0 Å². The number of piperazine rings is 1. The van der Waals surface area contributed by atoms with Crippen LogP contribution in [0, 0.1) is 0 Å². The second-order valence-corrected chi connectivity index (χ2v) is 10.1. The average Bonchev–Trinajstić information content (AvgIpc) is 3.02. The van der Waals surface area contributed by atoms with Crippen LogP contribution in [0.1, 0.15) is 26.7 Å². The summed E-state index contributed by atoms with van der Waals surface area (Å²) in [6.07, 6.45) is 1.37. The molecule has 1 aromatic rings. The van der Waals surface area contributed by atoms with E-state index in [0.717, 1.165) is 38.3 Å². The number of benzene rings is 1. The number of carbonyl (C=O) groups excluding carboxylic acids is 1. The van der Waals surface area contributed by atoms with Gasteiger partial charge in [-0.3, -0.25) is 9.69 Å². The van der Waals surface area contributed by atoms with E-state index in [9.17, 15) is 18.3 Å². The molecule has 3 rings (SSSR count). The summed E-state index contributed by atoms with van der Waals surface area (Å²) >= 11 is 0. The summed E-state index contributed by atoms with van der Waals surface area (Å²) in [5.74, 6) is 0.572. The zero-order valence-electron chi connectivity index (χ0n) is 16.7. The van der Waals surface area contributed by atoms with E-state index in [1.165, 1.54) is 0 Å². The topological polar surface area (TPSA) is 81.2 Å². The van der Waals surface area contributed by atoms with Gasteiger partial charge in [0.25, 0.3) is 0 Å². The Labute approximate surface area is 167 Å². The lowest BCUT2D eigenvalue weighted by atomic mass is 10.1. The summed E-state index contributed by atoms with van der Waals surface area (Å²) in [5.41, 5.74) is 1.07. The van der Waals surface area contributed by atoms with Gasteiger partial charge in [-0.1, -0.05) is 6.92 Å². The monoisotopic (exact) mass is 409 g/mol. The lowest BCUT2D eigenvalue weighted by Crippen LogP contribution is -2.53. The Morgan fingerprint density at radius 2 is 1.86 bits per heavy atom. The minimum Gasteiger partial charge on any atom is -0.508 e. The van der Waals surface area contributed by atoms with E-state index in [0.29, 0.717) is 13.0 Å². The number of anilines is 1. The van der Waals surface area contributed by atoms with Crippen molar-refractivity contribution in [3.63, 3.8) is 0 Å². The van der Waals surface area contributed by atoms with Gasteiger partial charge in [0.15, 0.2) is 9.84 Å². The van der Waals surface area contributed by atoms with E-state index in [1.54, 1.807) is 12.1 Å². The van der Waals surface area contributed by atoms with E-state index >= 15 is 0 Å². The van der Waals surface area contributed by atoms with Gasteiger partial charge in [-0.15, -0.1) is 0 Å². The van der Waals surface area contributed by atoms with Crippen molar-refractivity contribution in [2.45, 2.75) is 38.8 Å². The molecule has 1 N–H and O–H groups in total. The third kappa shape index (κ3) is 4.97. The highest BCUT2D eigenvalue weighted by Gasteiger charge is 2.37. The quantitative estimate of drug-likeness (QED) is 0.763. The smallest absolute Gasteiger partial charge is 0.237 e.